The van der Waals surface area contributed by atoms with Crippen molar-refractivity contribution in [3.05, 3.63) is 34.0 Å². The molecule has 2 aromatic heterocycles. The van der Waals surface area contributed by atoms with E-state index in [0.717, 1.165) is 42.8 Å². The number of nitrogens with one attached hydrogen (secondary N) is 1. The van der Waals surface area contributed by atoms with Crippen molar-refractivity contribution in [3.63, 3.8) is 0 Å². The van der Waals surface area contributed by atoms with E-state index in [0.29, 0.717) is 16.3 Å². The van der Waals surface area contributed by atoms with Gasteiger partial charge in [0.15, 0.2) is 0 Å². The van der Waals surface area contributed by atoms with Gasteiger partial charge in [-0.05, 0) is 44.2 Å². The van der Waals surface area contributed by atoms with E-state index in [1.807, 2.05) is 11.8 Å². The fourth-order valence-corrected chi connectivity index (χ4v) is 4.47. The van der Waals surface area contributed by atoms with E-state index in [1.54, 1.807) is 19.3 Å². The summed E-state index contributed by atoms with van der Waals surface area (Å²) in [6.07, 6.45) is 5.64. The SMILES string of the molecule is CCc1c(C)sc(NC(=O)c2ccnn2C)c1C(=O)N1CCCCC1. The van der Waals surface area contributed by atoms with Gasteiger partial charge in [0.2, 0.25) is 0 Å². The van der Waals surface area contributed by atoms with Gasteiger partial charge in [-0.15, -0.1) is 11.3 Å². The van der Waals surface area contributed by atoms with Crippen molar-refractivity contribution in [2.45, 2.75) is 39.5 Å². The molecule has 2 aromatic rings. The van der Waals surface area contributed by atoms with Crippen molar-refractivity contribution < 1.29 is 9.59 Å². The third kappa shape index (κ3) is 3.46. The van der Waals surface area contributed by atoms with E-state index in [1.165, 1.54) is 22.4 Å². The zero-order valence-electron chi connectivity index (χ0n) is 15.0. The number of carbonyl (C=O) groups excluding carboxylic acids is 2. The van der Waals surface area contributed by atoms with Crippen LogP contribution in [0.3, 0.4) is 0 Å². The van der Waals surface area contributed by atoms with E-state index < -0.39 is 0 Å². The average molecular weight is 360 g/mol. The van der Waals surface area contributed by atoms with Gasteiger partial charge in [0.25, 0.3) is 11.8 Å². The first kappa shape index (κ1) is 17.7. The molecule has 3 rings (SSSR count). The number of hydrogen-bond acceptors (Lipinski definition) is 4. The van der Waals surface area contributed by atoms with Gasteiger partial charge < -0.3 is 10.2 Å². The summed E-state index contributed by atoms with van der Waals surface area (Å²) in [4.78, 5) is 28.7. The fraction of sp³-hybridized carbons (Fsp3) is 0.500. The van der Waals surface area contributed by atoms with Crippen LogP contribution >= 0.6 is 11.3 Å². The van der Waals surface area contributed by atoms with Crippen LogP contribution in [-0.2, 0) is 13.5 Å². The van der Waals surface area contributed by atoms with Gasteiger partial charge in [0, 0.05) is 31.2 Å². The molecule has 0 saturated carbocycles. The van der Waals surface area contributed by atoms with Crippen LogP contribution in [-0.4, -0.2) is 39.6 Å². The zero-order chi connectivity index (χ0) is 18.0. The second kappa shape index (κ2) is 7.39. The summed E-state index contributed by atoms with van der Waals surface area (Å²) in [5.74, 6) is -0.196. The first-order valence-corrected chi connectivity index (χ1v) is 9.55. The molecule has 7 heteroatoms. The van der Waals surface area contributed by atoms with Crippen molar-refractivity contribution in [2.24, 2.45) is 7.05 Å². The number of anilines is 1. The van der Waals surface area contributed by atoms with Crippen LogP contribution in [0.2, 0.25) is 0 Å². The fourth-order valence-electron chi connectivity index (χ4n) is 3.34. The Hall–Kier alpha value is -2.15. The molecule has 1 aliphatic rings. The average Bonchev–Trinajstić information content (AvgIpc) is 3.17. The summed E-state index contributed by atoms with van der Waals surface area (Å²) >= 11 is 1.48. The Morgan fingerprint density at radius 1 is 1.28 bits per heavy atom. The molecule has 0 aliphatic carbocycles. The Bertz CT molecular complexity index is 787. The van der Waals surface area contributed by atoms with E-state index >= 15 is 0 Å². The predicted molar refractivity (Wildman–Crippen MR) is 99.3 cm³/mol. The van der Waals surface area contributed by atoms with Crippen molar-refractivity contribution in [1.29, 1.82) is 0 Å². The van der Waals surface area contributed by atoms with Gasteiger partial charge in [-0.3, -0.25) is 14.3 Å². The Kier molecular flexibility index (Phi) is 5.22. The number of hydrogen-bond donors (Lipinski definition) is 1. The van der Waals surface area contributed by atoms with E-state index in [2.05, 4.69) is 17.3 Å². The molecule has 0 bridgehead atoms. The Morgan fingerprint density at radius 2 is 2.00 bits per heavy atom. The lowest BCUT2D eigenvalue weighted by Gasteiger charge is -2.27. The molecule has 2 amide bonds. The molecule has 0 unspecified atom stereocenters. The standard InChI is InChI=1S/C18H24N4O2S/c1-4-13-12(2)25-17(20-16(23)14-8-9-19-21(14)3)15(13)18(24)22-10-6-5-7-11-22/h8-9H,4-7,10-11H2,1-3H3,(H,20,23). The maximum Gasteiger partial charge on any atom is 0.274 e. The van der Waals surface area contributed by atoms with Crippen LogP contribution in [0, 0.1) is 6.92 Å². The first-order chi connectivity index (χ1) is 12.0. The van der Waals surface area contributed by atoms with Crippen LogP contribution < -0.4 is 5.32 Å². The molecule has 0 atom stereocenters. The highest BCUT2D eigenvalue weighted by atomic mass is 32.1. The third-order valence-electron chi connectivity index (χ3n) is 4.70. The van der Waals surface area contributed by atoms with Crippen LogP contribution in [0.15, 0.2) is 12.3 Å². The molecular formula is C18H24N4O2S. The quantitative estimate of drug-likeness (QED) is 0.910. The van der Waals surface area contributed by atoms with Crippen LogP contribution in [0.25, 0.3) is 0 Å². The molecular weight excluding hydrogens is 336 g/mol. The van der Waals surface area contributed by atoms with Gasteiger partial charge in [-0.25, -0.2) is 0 Å². The Balaban J connectivity index is 1.92. The molecule has 0 spiro atoms. The summed E-state index contributed by atoms with van der Waals surface area (Å²) in [5.41, 5.74) is 2.18. The van der Waals surface area contributed by atoms with Gasteiger partial charge in [-0.2, -0.15) is 5.10 Å². The largest absolute Gasteiger partial charge is 0.339 e. The van der Waals surface area contributed by atoms with Crippen molar-refractivity contribution in [3.8, 4) is 0 Å². The minimum Gasteiger partial charge on any atom is -0.339 e. The minimum atomic E-state index is -0.239. The molecule has 25 heavy (non-hydrogen) atoms. The normalized spacial score (nSPS) is 14.6. The molecule has 1 fully saturated rings. The third-order valence-corrected chi connectivity index (χ3v) is 5.76. The lowest BCUT2D eigenvalue weighted by molar-refractivity contribution is 0.0725. The van der Waals surface area contributed by atoms with E-state index in [-0.39, 0.29) is 11.8 Å². The summed E-state index contributed by atoms with van der Waals surface area (Å²) in [6, 6.07) is 1.67. The number of nitrogens with zero attached hydrogens (tertiary/aromatic N) is 3. The van der Waals surface area contributed by atoms with Gasteiger partial charge in [-0.1, -0.05) is 6.92 Å². The summed E-state index contributed by atoms with van der Waals surface area (Å²) in [5, 5.41) is 7.62. The number of piperidine rings is 1. The van der Waals surface area contributed by atoms with Crippen molar-refractivity contribution in [1.82, 2.24) is 14.7 Å². The molecule has 1 aliphatic heterocycles. The summed E-state index contributed by atoms with van der Waals surface area (Å²) < 4.78 is 1.53. The van der Waals surface area contributed by atoms with Crippen LogP contribution in [0.4, 0.5) is 5.00 Å². The van der Waals surface area contributed by atoms with Crippen molar-refractivity contribution in [2.75, 3.05) is 18.4 Å². The highest BCUT2D eigenvalue weighted by molar-refractivity contribution is 7.16. The molecule has 1 saturated heterocycles. The Labute approximate surface area is 151 Å². The maximum absolute atomic E-state index is 13.1. The van der Waals surface area contributed by atoms with Crippen LogP contribution in [0.1, 0.15) is 57.5 Å². The van der Waals surface area contributed by atoms with E-state index in [9.17, 15) is 9.59 Å². The van der Waals surface area contributed by atoms with Gasteiger partial charge in [0.1, 0.15) is 10.7 Å². The van der Waals surface area contributed by atoms with Crippen LogP contribution in [0.5, 0.6) is 0 Å². The minimum absolute atomic E-state index is 0.0428. The van der Waals surface area contributed by atoms with E-state index in [4.69, 9.17) is 0 Å². The first-order valence-electron chi connectivity index (χ1n) is 8.73. The molecule has 1 N–H and O–H groups in total. The molecule has 134 valence electrons. The van der Waals surface area contributed by atoms with Gasteiger partial charge >= 0.3 is 0 Å². The molecule has 3 heterocycles. The lowest BCUT2D eigenvalue weighted by Crippen LogP contribution is -2.36. The molecule has 0 radical (unpaired) electrons. The summed E-state index contributed by atoms with van der Waals surface area (Å²) in [6.45, 7) is 5.66. The number of aromatic nitrogens is 2. The number of rotatable bonds is 4. The van der Waals surface area contributed by atoms with Gasteiger partial charge in [0.05, 0.1) is 5.56 Å². The number of amides is 2. The monoisotopic (exact) mass is 360 g/mol. The second-order valence-corrected chi connectivity index (χ2v) is 7.57. The highest BCUT2D eigenvalue weighted by Gasteiger charge is 2.27. The Morgan fingerprint density at radius 3 is 2.60 bits per heavy atom. The number of aryl methyl sites for hydroxylation is 2. The zero-order valence-corrected chi connectivity index (χ0v) is 15.8. The smallest absolute Gasteiger partial charge is 0.274 e. The lowest BCUT2D eigenvalue weighted by atomic mass is 10.0. The number of likely N-dealkylation sites (tertiary alicyclic amines) is 1. The maximum atomic E-state index is 13.1. The predicted octanol–water partition coefficient (Wildman–Crippen LogP) is 3.23. The highest BCUT2D eigenvalue weighted by Crippen LogP contribution is 2.35. The summed E-state index contributed by atoms with van der Waals surface area (Å²) in [7, 11) is 1.73. The van der Waals surface area contributed by atoms with Crippen molar-refractivity contribution >= 4 is 28.2 Å². The second-order valence-electron chi connectivity index (χ2n) is 6.34. The molecule has 6 nitrogen and oxygen atoms in total. The number of carbonyl (C=O) groups is 2. The molecule has 0 aromatic carbocycles. The number of thiophene rings is 1. The topological polar surface area (TPSA) is 67.2 Å².